The van der Waals surface area contributed by atoms with Gasteiger partial charge in [-0.15, -0.1) is 6.58 Å². The third-order valence-corrected chi connectivity index (χ3v) is 10.5. The Hall–Kier alpha value is -2.17. The minimum Gasteiger partial charge on any atom is -0.466 e. The van der Waals surface area contributed by atoms with Crippen LogP contribution in [-0.2, 0) is 14.0 Å². The lowest BCUT2D eigenvalue weighted by Gasteiger charge is -2.45. The lowest BCUT2D eigenvalue weighted by molar-refractivity contribution is -0.151. The normalized spacial score (nSPS) is 14.1. The van der Waals surface area contributed by atoms with E-state index in [0.29, 0.717) is 13.0 Å². The van der Waals surface area contributed by atoms with Gasteiger partial charge >= 0.3 is 5.97 Å². The SMILES string of the molecule is C=CC[C@@H](C(=O)OCC)[C@@H](C)O[Si](c1ccccc1)(c1ccccc1)C(C)(C)C. The van der Waals surface area contributed by atoms with Gasteiger partial charge in [0.25, 0.3) is 8.32 Å². The van der Waals surface area contributed by atoms with Crippen LogP contribution < -0.4 is 10.4 Å². The maximum Gasteiger partial charge on any atom is 0.311 e. The highest BCUT2D eigenvalue weighted by molar-refractivity contribution is 6.99. The number of rotatable bonds is 9. The zero-order valence-electron chi connectivity index (χ0n) is 18.4. The first-order valence-electron chi connectivity index (χ1n) is 10.3. The molecule has 3 nitrogen and oxygen atoms in total. The van der Waals surface area contributed by atoms with Crippen molar-refractivity contribution in [2.75, 3.05) is 6.61 Å². The van der Waals surface area contributed by atoms with Crippen molar-refractivity contribution in [1.82, 2.24) is 0 Å². The number of ether oxygens (including phenoxy) is 1. The van der Waals surface area contributed by atoms with Crippen molar-refractivity contribution in [2.45, 2.75) is 52.2 Å². The van der Waals surface area contributed by atoms with E-state index in [0.717, 1.165) is 0 Å². The minimum absolute atomic E-state index is 0.142. The molecule has 156 valence electrons. The fourth-order valence-electron chi connectivity index (χ4n) is 3.96. The Balaban J connectivity index is 2.61. The summed E-state index contributed by atoms with van der Waals surface area (Å²) in [6.45, 7) is 14.7. The van der Waals surface area contributed by atoms with E-state index in [1.54, 1.807) is 6.08 Å². The van der Waals surface area contributed by atoms with Crippen molar-refractivity contribution in [2.24, 2.45) is 5.92 Å². The van der Waals surface area contributed by atoms with Crippen LogP contribution in [0.15, 0.2) is 73.3 Å². The van der Waals surface area contributed by atoms with Gasteiger partial charge in [0.1, 0.15) is 0 Å². The largest absolute Gasteiger partial charge is 0.466 e. The maximum atomic E-state index is 12.6. The molecular weight excluding hydrogens is 376 g/mol. The Morgan fingerprint density at radius 1 is 1.03 bits per heavy atom. The highest BCUT2D eigenvalue weighted by Crippen LogP contribution is 2.38. The number of hydrogen-bond donors (Lipinski definition) is 0. The van der Waals surface area contributed by atoms with Crippen molar-refractivity contribution < 1.29 is 14.0 Å². The van der Waals surface area contributed by atoms with E-state index in [4.69, 9.17) is 9.16 Å². The average Bonchev–Trinajstić information content (AvgIpc) is 2.70. The van der Waals surface area contributed by atoms with E-state index in [-0.39, 0.29) is 23.0 Å². The smallest absolute Gasteiger partial charge is 0.311 e. The second kappa shape index (κ2) is 10.0. The van der Waals surface area contributed by atoms with Crippen LogP contribution in [0.3, 0.4) is 0 Å². The van der Waals surface area contributed by atoms with E-state index in [1.807, 2.05) is 26.0 Å². The van der Waals surface area contributed by atoms with Gasteiger partial charge in [0.15, 0.2) is 0 Å². The molecule has 0 fully saturated rings. The number of allylic oxidation sites excluding steroid dienone is 1. The summed E-state index contributed by atoms with van der Waals surface area (Å²) in [5.41, 5.74) is 0. The molecule has 0 N–H and O–H groups in total. The van der Waals surface area contributed by atoms with Crippen molar-refractivity contribution in [3.8, 4) is 0 Å². The van der Waals surface area contributed by atoms with Crippen LogP contribution in [0.2, 0.25) is 5.04 Å². The molecule has 0 radical (unpaired) electrons. The zero-order chi connectivity index (χ0) is 21.5. The molecule has 0 aliphatic rings. The maximum absolute atomic E-state index is 12.6. The number of carbonyl (C=O) groups is 1. The van der Waals surface area contributed by atoms with Crippen LogP contribution in [-0.4, -0.2) is 27.0 Å². The first-order valence-corrected chi connectivity index (χ1v) is 12.2. The van der Waals surface area contributed by atoms with Crippen LogP contribution in [0.4, 0.5) is 0 Å². The number of carbonyl (C=O) groups excluding carboxylic acids is 1. The Kier molecular flexibility index (Phi) is 8.00. The monoisotopic (exact) mass is 410 g/mol. The molecule has 2 aromatic carbocycles. The standard InChI is InChI=1S/C25H34O3Si/c1-7-15-23(24(26)27-8-2)20(3)28-29(25(4,5)6,21-16-11-9-12-17-21)22-18-13-10-14-19-22/h7,9-14,16-20,23H,1,8,15H2,2-6H3/t20-,23-/m1/s1. The highest BCUT2D eigenvalue weighted by Gasteiger charge is 2.52. The molecule has 29 heavy (non-hydrogen) atoms. The molecule has 0 aromatic heterocycles. The Bertz CT molecular complexity index is 741. The molecule has 0 aliphatic heterocycles. The summed E-state index contributed by atoms with van der Waals surface area (Å²) in [5.74, 6) is -0.605. The molecule has 0 unspecified atom stereocenters. The Morgan fingerprint density at radius 3 is 1.90 bits per heavy atom. The van der Waals surface area contributed by atoms with E-state index >= 15 is 0 Å². The van der Waals surface area contributed by atoms with Gasteiger partial charge in [0.05, 0.1) is 18.6 Å². The lowest BCUT2D eigenvalue weighted by Crippen LogP contribution is -2.68. The molecule has 0 bridgehead atoms. The fourth-order valence-corrected chi connectivity index (χ4v) is 8.70. The summed E-state index contributed by atoms with van der Waals surface area (Å²) >= 11 is 0. The van der Waals surface area contributed by atoms with Gasteiger partial charge in [-0.05, 0) is 35.7 Å². The van der Waals surface area contributed by atoms with Gasteiger partial charge < -0.3 is 9.16 Å². The molecule has 0 aliphatic carbocycles. The topological polar surface area (TPSA) is 35.5 Å². The second-order valence-corrected chi connectivity index (χ2v) is 12.6. The van der Waals surface area contributed by atoms with E-state index < -0.39 is 8.32 Å². The van der Waals surface area contributed by atoms with Gasteiger partial charge in [-0.3, -0.25) is 4.79 Å². The molecule has 0 saturated heterocycles. The summed E-state index contributed by atoms with van der Waals surface area (Å²) in [7, 11) is -2.72. The van der Waals surface area contributed by atoms with Gasteiger partial charge in [0.2, 0.25) is 0 Å². The van der Waals surface area contributed by atoms with Crippen LogP contribution in [0, 0.1) is 5.92 Å². The van der Waals surface area contributed by atoms with E-state index in [9.17, 15) is 4.79 Å². The summed E-state index contributed by atoms with van der Waals surface area (Å²) < 4.78 is 12.4. The molecule has 4 heteroatoms. The summed E-state index contributed by atoms with van der Waals surface area (Å²) in [6.07, 6.45) is 1.99. The molecule has 0 heterocycles. The van der Waals surface area contributed by atoms with Gasteiger partial charge in [-0.25, -0.2) is 0 Å². The van der Waals surface area contributed by atoms with Gasteiger partial charge in [-0.1, -0.05) is 87.5 Å². The lowest BCUT2D eigenvalue weighted by atomic mass is 10.0. The molecule has 0 saturated carbocycles. The van der Waals surface area contributed by atoms with Crippen molar-refractivity contribution in [3.63, 3.8) is 0 Å². The van der Waals surface area contributed by atoms with Crippen molar-refractivity contribution >= 4 is 24.7 Å². The Morgan fingerprint density at radius 2 is 1.52 bits per heavy atom. The minimum atomic E-state index is -2.72. The number of esters is 1. The van der Waals surface area contributed by atoms with Crippen molar-refractivity contribution in [3.05, 3.63) is 73.3 Å². The van der Waals surface area contributed by atoms with Crippen LogP contribution in [0.5, 0.6) is 0 Å². The molecule has 2 aromatic rings. The van der Waals surface area contributed by atoms with Gasteiger partial charge in [-0.2, -0.15) is 0 Å². The quantitative estimate of drug-likeness (QED) is 0.341. The fraction of sp³-hybridized carbons (Fsp3) is 0.400. The van der Waals surface area contributed by atoms with E-state index in [1.165, 1.54) is 10.4 Å². The highest BCUT2D eigenvalue weighted by atomic mass is 28.4. The van der Waals surface area contributed by atoms with Gasteiger partial charge in [0, 0.05) is 0 Å². The average molecular weight is 411 g/mol. The second-order valence-electron chi connectivity index (χ2n) is 8.37. The molecular formula is C25H34O3Si. The molecule has 2 atom stereocenters. The Labute approximate surface area is 176 Å². The predicted molar refractivity (Wildman–Crippen MR) is 123 cm³/mol. The van der Waals surface area contributed by atoms with Crippen LogP contribution in [0.1, 0.15) is 41.0 Å². The third-order valence-electron chi connectivity index (χ3n) is 5.36. The van der Waals surface area contributed by atoms with Crippen LogP contribution in [0.25, 0.3) is 0 Å². The molecule has 0 spiro atoms. The summed E-state index contributed by atoms with van der Waals surface area (Å²) in [5, 5.41) is 2.26. The predicted octanol–water partition coefficient (Wildman–Crippen LogP) is 4.71. The first kappa shape index (κ1) is 23.1. The summed E-state index contributed by atoms with van der Waals surface area (Å²) in [6, 6.07) is 20.9. The van der Waals surface area contributed by atoms with Crippen molar-refractivity contribution in [1.29, 1.82) is 0 Å². The number of hydrogen-bond acceptors (Lipinski definition) is 3. The summed E-state index contributed by atoms with van der Waals surface area (Å²) in [4.78, 5) is 12.6. The van der Waals surface area contributed by atoms with Crippen LogP contribution >= 0.6 is 0 Å². The number of benzene rings is 2. The molecule has 0 amide bonds. The zero-order valence-corrected chi connectivity index (χ0v) is 19.4. The first-order chi connectivity index (χ1) is 13.8. The van der Waals surface area contributed by atoms with E-state index in [2.05, 4.69) is 75.9 Å². The third kappa shape index (κ3) is 5.06. The molecule has 2 rings (SSSR count).